The summed E-state index contributed by atoms with van der Waals surface area (Å²) in [6, 6.07) is 0. The van der Waals surface area contributed by atoms with Crippen LogP contribution in [0.5, 0.6) is 0 Å². The highest BCUT2D eigenvalue weighted by atomic mass is 16.6. The summed E-state index contributed by atoms with van der Waals surface area (Å²) < 4.78 is 9.40. The predicted octanol–water partition coefficient (Wildman–Crippen LogP) is 1.28. The Morgan fingerprint density at radius 1 is 0.923 bits per heavy atom. The Morgan fingerprint density at radius 3 is 1.62 bits per heavy atom. The molecule has 76 valence electrons. The summed E-state index contributed by atoms with van der Waals surface area (Å²) in [6.45, 7) is 4.51. The minimum atomic E-state index is -0.511. The number of ether oxygens (including phenoxy) is 2. The van der Waals surface area contributed by atoms with Crippen molar-refractivity contribution in [3.8, 4) is 0 Å². The van der Waals surface area contributed by atoms with Gasteiger partial charge in [0.25, 0.3) is 0 Å². The van der Waals surface area contributed by atoms with Crippen molar-refractivity contribution in [2.75, 3.05) is 13.2 Å². The van der Waals surface area contributed by atoms with E-state index in [0.29, 0.717) is 13.2 Å². The van der Waals surface area contributed by atoms with Gasteiger partial charge >= 0.3 is 11.9 Å². The van der Waals surface area contributed by atoms with E-state index in [-0.39, 0.29) is 6.42 Å². The Bertz CT molecular complexity index is 147. The Balaban J connectivity index is 3.47. The lowest BCUT2D eigenvalue weighted by Crippen LogP contribution is -2.14. The van der Waals surface area contributed by atoms with E-state index in [2.05, 4.69) is 0 Å². The summed E-state index contributed by atoms with van der Waals surface area (Å²) in [4.78, 5) is 21.7. The highest BCUT2D eigenvalue weighted by Crippen LogP contribution is 1.92. The van der Waals surface area contributed by atoms with Gasteiger partial charge in [-0.1, -0.05) is 13.8 Å². The molecule has 0 heterocycles. The molecule has 0 fully saturated rings. The molecule has 0 atom stereocenters. The Kier molecular flexibility index (Phi) is 6.96. The molecule has 13 heavy (non-hydrogen) atoms. The monoisotopic (exact) mass is 188 g/mol. The van der Waals surface area contributed by atoms with Crippen LogP contribution >= 0.6 is 0 Å². The minimum absolute atomic E-state index is 0.278. The molecular formula is C9H16O4. The molecule has 0 aromatic rings. The molecule has 0 unspecified atom stereocenters. The van der Waals surface area contributed by atoms with Crippen molar-refractivity contribution < 1.29 is 19.1 Å². The van der Waals surface area contributed by atoms with Crippen molar-refractivity contribution in [1.29, 1.82) is 0 Å². The van der Waals surface area contributed by atoms with Crippen LogP contribution in [0.15, 0.2) is 0 Å². The fraction of sp³-hybridized carbons (Fsp3) is 0.778. The van der Waals surface area contributed by atoms with E-state index in [1.165, 1.54) is 0 Å². The topological polar surface area (TPSA) is 52.6 Å². The van der Waals surface area contributed by atoms with Gasteiger partial charge in [-0.2, -0.15) is 0 Å². The Morgan fingerprint density at radius 2 is 1.31 bits per heavy atom. The second kappa shape index (κ2) is 7.58. The quantitative estimate of drug-likeness (QED) is 0.465. The SMILES string of the molecule is CCCOC(=O)CC(=O)OCCC. The van der Waals surface area contributed by atoms with Gasteiger partial charge < -0.3 is 9.47 Å². The predicted molar refractivity (Wildman–Crippen MR) is 47.1 cm³/mol. The zero-order valence-corrected chi connectivity index (χ0v) is 8.17. The fourth-order valence-electron chi connectivity index (χ4n) is 0.652. The zero-order chi connectivity index (χ0) is 10.1. The van der Waals surface area contributed by atoms with Crippen LogP contribution in [0.2, 0.25) is 0 Å². The van der Waals surface area contributed by atoms with Crippen LogP contribution in [-0.4, -0.2) is 25.2 Å². The molecule has 0 rings (SSSR count). The smallest absolute Gasteiger partial charge is 0.317 e. The first-order valence-corrected chi connectivity index (χ1v) is 4.52. The van der Waals surface area contributed by atoms with Crippen molar-refractivity contribution in [3.63, 3.8) is 0 Å². The van der Waals surface area contributed by atoms with Gasteiger partial charge in [-0.25, -0.2) is 0 Å². The van der Waals surface area contributed by atoms with E-state index in [0.717, 1.165) is 12.8 Å². The normalized spacial score (nSPS) is 9.38. The molecule has 0 aliphatic heterocycles. The van der Waals surface area contributed by atoms with Gasteiger partial charge in [-0.3, -0.25) is 9.59 Å². The van der Waals surface area contributed by atoms with Crippen molar-refractivity contribution in [2.24, 2.45) is 0 Å². The van der Waals surface area contributed by atoms with Gasteiger partial charge in [0.05, 0.1) is 13.2 Å². The third kappa shape index (κ3) is 7.31. The van der Waals surface area contributed by atoms with Gasteiger partial charge in [-0.15, -0.1) is 0 Å². The van der Waals surface area contributed by atoms with Crippen molar-refractivity contribution >= 4 is 11.9 Å². The number of hydrogen-bond donors (Lipinski definition) is 0. The van der Waals surface area contributed by atoms with E-state index in [1.54, 1.807) is 0 Å². The molecule has 0 amide bonds. The van der Waals surface area contributed by atoms with E-state index >= 15 is 0 Å². The maximum atomic E-state index is 10.9. The maximum absolute atomic E-state index is 10.9. The molecule has 0 spiro atoms. The second-order valence-electron chi connectivity index (χ2n) is 2.62. The molecule has 0 saturated carbocycles. The van der Waals surface area contributed by atoms with Crippen LogP contribution in [0.4, 0.5) is 0 Å². The van der Waals surface area contributed by atoms with Crippen molar-refractivity contribution in [1.82, 2.24) is 0 Å². The average Bonchev–Trinajstić information content (AvgIpc) is 2.11. The third-order valence-corrected chi connectivity index (χ3v) is 1.22. The van der Waals surface area contributed by atoms with Crippen LogP contribution in [0.1, 0.15) is 33.1 Å². The molecule has 4 heteroatoms. The molecule has 0 bridgehead atoms. The molecule has 0 aromatic heterocycles. The Labute approximate surface area is 78.2 Å². The second-order valence-corrected chi connectivity index (χ2v) is 2.62. The van der Waals surface area contributed by atoms with Crippen LogP contribution in [0.3, 0.4) is 0 Å². The summed E-state index contributed by atoms with van der Waals surface area (Å²) in [5.74, 6) is -1.02. The Hall–Kier alpha value is -1.06. The summed E-state index contributed by atoms with van der Waals surface area (Å²) in [5.41, 5.74) is 0. The number of carbonyl (C=O) groups excluding carboxylic acids is 2. The van der Waals surface area contributed by atoms with E-state index in [9.17, 15) is 9.59 Å². The van der Waals surface area contributed by atoms with Gasteiger partial charge in [-0.05, 0) is 12.8 Å². The van der Waals surface area contributed by atoms with Crippen LogP contribution in [0.25, 0.3) is 0 Å². The van der Waals surface area contributed by atoms with E-state index in [1.807, 2.05) is 13.8 Å². The fourth-order valence-corrected chi connectivity index (χ4v) is 0.652. The number of rotatable bonds is 6. The van der Waals surface area contributed by atoms with Gasteiger partial charge in [0.2, 0.25) is 0 Å². The first-order chi connectivity index (χ1) is 6.20. The molecular weight excluding hydrogens is 172 g/mol. The maximum Gasteiger partial charge on any atom is 0.317 e. The van der Waals surface area contributed by atoms with Crippen LogP contribution in [-0.2, 0) is 19.1 Å². The lowest BCUT2D eigenvalue weighted by molar-refractivity contribution is -0.154. The van der Waals surface area contributed by atoms with Crippen molar-refractivity contribution in [3.05, 3.63) is 0 Å². The van der Waals surface area contributed by atoms with Crippen molar-refractivity contribution in [2.45, 2.75) is 33.1 Å². The molecule has 0 aliphatic carbocycles. The molecule has 0 N–H and O–H groups in total. The molecule has 0 aromatic carbocycles. The molecule has 0 saturated heterocycles. The molecule has 4 nitrogen and oxygen atoms in total. The average molecular weight is 188 g/mol. The first-order valence-electron chi connectivity index (χ1n) is 4.52. The lowest BCUT2D eigenvalue weighted by Gasteiger charge is -2.03. The summed E-state index contributed by atoms with van der Waals surface area (Å²) in [5, 5.41) is 0. The van der Waals surface area contributed by atoms with E-state index < -0.39 is 11.9 Å². The number of carbonyl (C=O) groups is 2. The summed E-state index contributed by atoms with van der Waals surface area (Å²) in [6.07, 6.45) is 1.24. The van der Waals surface area contributed by atoms with Crippen LogP contribution in [0, 0.1) is 0 Å². The van der Waals surface area contributed by atoms with Gasteiger partial charge in [0.15, 0.2) is 0 Å². The van der Waals surface area contributed by atoms with Crippen LogP contribution < -0.4 is 0 Å². The number of esters is 2. The zero-order valence-electron chi connectivity index (χ0n) is 8.17. The highest BCUT2D eigenvalue weighted by molar-refractivity contribution is 5.91. The van der Waals surface area contributed by atoms with Gasteiger partial charge in [0, 0.05) is 0 Å². The number of hydrogen-bond acceptors (Lipinski definition) is 4. The molecule has 0 aliphatic rings. The molecule has 0 radical (unpaired) electrons. The first kappa shape index (κ1) is 11.9. The van der Waals surface area contributed by atoms with E-state index in [4.69, 9.17) is 9.47 Å². The largest absolute Gasteiger partial charge is 0.465 e. The standard InChI is InChI=1S/C9H16O4/c1-3-5-12-8(10)7-9(11)13-6-4-2/h3-7H2,1-2H3. The highest BCUT2D eigenvalue weighted by Gasteiger charge is 2.10. The summed E-state index contributed by atoms with van der Waals surface area (Å²) in [7, 11) is 0. The summed E-state index contributed by atoms with van der Waals surface area (Å²) >= 11 is 0. The lowest BCUT2D eigenvalue weighted by atomic mass is 10.4. The van der Waals surface area contributed by atoms with Gasteiger partial charge in [0.1, 0.15) is 6.42 Å². The third-order valence-electron chi connectivity index (χ3n) is 1.22. The minimum Gasteiger partial charge on any atom is -0.465 e.